The van der Waals surface area contributed by atoms with E-state index in [1.165, 1.54) is 10.6 Å². The van der Waals surface area contributed by atoms with Crippen molar-refractivity contribution in [2.75, 3.05) is 39.5 Å². The van der Waals surface area contributed by atoms with E-state index in [1.807, 2.05) is 41.5 Å². The minimum Gasteiger partial charge on any atom is -0.444 e. The van der Waals surface area contributed by atoms with Crippen LogP contribution in [0.3, 0.4) is 0 Å². The van der Waals surface area contributed by atoms with Gasteiger partial charge in [0.15, 0.2) is 5.96 Å². The zero-order valence-corrected chi connectivity index (χ0v) is 22.9. The molecule has 0 aliphatic carbocycles. The molecule has 0 fully saturated rings. The Bertz CT molecular complexity index is 631. The number of hydrogen-bond donors (Lipinski definition) is 3. The van der Waals surface area contributed by atoms with Gasteiger partial charge in [0.25, 0.3) is 0 Å². The van der Waals surface area contributed by atoms with Gasteiger partial charge in [-0.15, -0.1) is 24.0 Å². The van der Waals surface area contributed by atoms with Crippen LogP contribution in [-0.2, 0) is 14.8 Å². The first kappa shape index (κ1) is 31.4. The third-order valence-electron chi connectivity index (χ3n) is 4.64. The number of ether oxygens (including phenoxy) is 1. The molecule has 1 amide bonds. The number of guanidine groups is 1. The van der Waals surface area contributed by atoms with Crippen molar-refractivity contribution >= 4 is 46.1 Å². The topological polar surface area (TPSA) is 112 Å². The molecule has 0 rings (SSSR count). The summed E-state index contributed by atoms with van der Waals surface area (Å²) in [5.74, 6) is 0.602. The quantitative estimate of drug-likeness (QED) is 0.154. The van der Waals surface area contributed by atoms with Crippen LogP contribution >= 0.6 is 24.0 Å². The van der Waals surface area contributed by atoms with Gasteiger partial charge in [0.1, 0.15) is 5.60 Å². The number of aliphatic imine (C=N–C) groups is 1. The maximum Gasteiger partial charge on any atom is 0.408 e. The largest absolute Gasteiger partial charge is 0.444 e. The van der Waals surface area contributed by atoms with Gasteiger partial charge < -0.3 is 20.7 Å². The van der Waals surface area contributed by atoms with Crippen LogP contribution in [0.1, 0.15) is 60.8 Å². The second kappa shape index (κ2) is 14.3. The minimum absolute atomic E-state index is 0. The van der Waals surface area contributed by atoms with Crippen molar-refractivity contribution in [3.05, 3.63) is 0 Å². The Morgan fingerprint density at radius 2 is 1.67 bits per heavy atom. The highest BCUT2D eigenvalue weighted by Gasteiger charge is 2.30. The lowest BCUT2D eigenvalue weighted by Gasteiger charge is -2.34. The molecule has 9 nitrogen and oxygen atoms in total. The highest BCUT2D eigenvalue weighted by molar-refractivity contribution is 14.0. The van der Waals surface area contributed by atoms with Gasteiger partial charge in [0, 0.05) is 33.2 Å². The van der Waals surface area contributed by atoms with Crippen LogP contribution in [-0.4, -0.2) is 75.4 Å². The summed E-state index contributed by atoms with van der Waals surface area (Å²) < 4.78 is 30.1. The van der Waals surface area contributed by atoms with Gasteiger partial charge in [0.05, 0.1) is 11.8 Å². The van der Waals surface area contributed by atoms with Crippen LogP contribution in [0.2, 0.25) is 0 Å². The molecule has 0 heterocycles. The fraction of sp³-hybridized carbons (Fsp3) is 0.895. The summed E-state index contributed by atoms with van der Waals surface area (Å²) in [6, 6.07) is 0. The molecule has 30 heavy (non-hydrogen) atoms. The molecule has 3 N–H and O–H groups in total. The number of sulfonamides is 1. The average Bonchev–Trinajstić information content (AvgIpc) is 2.60. The van der Waals surface area contributed by atoms with Gasteiger partial charge >= 0.3 is 6.09 Å². The van der Waals surface area contributed by atoms with Gasteiger partial charge in [-0.1, -0.05) is 20.8 Å². The normalized spacial score (nSPS) is 12.9. The Kier molecular flexibility index (Phi) is 14.9. The molecule has 0 unspecified atom stereocenters. The van der Waals surface area contributed by atoms with E-state index >= 15 is 0 Å². The number of rotatable bonds is 11. The Hall–Kier alpha value is -0.820. The molecule has 11 heteroatoms. The molecule has 180 valence electrons. The highest BCUT2D eigenvalue weighted by Crippen LogP contribution is 2.16. The van der Waals surface area contributed by atoms with Crippen molar-refractivity contribution in [1.82, 2.24) is 20.3 Å². The van der Waals surface area contributed by atoms with Crippen LogP contribution in [0.15, 0.2) is 4.99 Å². The summed E-state index contributed by atoms with van der Waals surface area (Å²) in [4.78, 5) is 16.4. The van der Waals surface area contributed by atoms with Gasteiger partial charge in [-0.25, -0.2) is 17.5 Å². The molecule has 0 aromatic carbocycles. The number of amides is 1. The Balaban J connectivity index is 0. The molecule has 0 atom stereocenters. The molecular formula is C19H42IN5O4S. The lowest BCUT2D eigenvalue weighted by atomic mass is 9.93. The van der Waals surface area contributed by atoms with E-state index in [4.69, 9.17) is 4.74 Å². The standard InChI is InChI=1S/C19H41N5O4S.HI/c1-9-19(10-2,23-17(25)28-18(4,5)6)15-22-16(20-7)21-13-12-14-24(11-3)29(8,26)27;/h9-15H2,1-8H3,(H,23,25)(H2,20,21,22);1H. The summed E-state index contributed by atoms with van der Waals surface area (Å²) >= 11 is 0. The van der Waals surface area contributed by atoms with E-state index in [-0.39, 0.29) is 24.0 Å². The van der Waals surface area contributed by atoms with E-state index in [1.54, 1.807) is 7.05 Å². The zero-order chi connectivity index (χ0) is 22.7. The number of carbonyl (C=O) groups is 1. The third-order valence-corrected chi connectivity index (χ3v) is 6.01. The lowest BCUT2D eigenvalue weighted by Crippen LogP contribution is -2.57. The van der Waals surface area contributed by atoms with E-state index in [2.05, 4.69) is 20.9 Å². The molecule has 0 aliphatic rings. The van der Waals surface area contributed by atoms with Crippen molar-refractivity contribution in [2.45, 2.75) is 71.9 Å². The molecule has 0 aliphatic heterocycles. The monoisotopic (exact) mass is 563 g/mol. The molecule has 0 radical (unpaired) electrons. The number of nitrogens with one attached hydrogen (secondary N) is 3. The second-order valence-electron chi connectivity index (χ2n) is 8.08. The zero-order valence-electron chi connectivity index (χ0n) is 19.8. The predicted molar refractivity (Wildman–Crippen MR) is 134 cm³/mol. The van der Waals surface area contributed by atoms with Crippen LogP contribution in [0.5, 0.6) is 0 Å². The van der Waals surface area contributed by atoms with Crippen molar-refractivity contribution in [1.29, 1.82) is 0 Å². The Labute approximate surface area is 200 Å². The predicted octanol–water partition coefficient (Wildman–Crippen LogP) is 2.52. The summed E-state index contributed by atoms with van der Waals surface area (Å²) in [6.07, 6.45) is 2.90. The Morgan fingerprint density at radius 3 is 2.07 bits per heavy atom. The van der Waals surface area contributed by atoms with Crippen molar-refractivity contribution < 1.29 is 17.9 Å². The fourth-order valence-electron chi connectivity index (χ4n) is 2.74. The highest BCUT2D eigenvalue weighted by atomic mass is 127. The van der Waals surface area contributed by atoms with Crippen molar-refractivity contribution in [2.24, 2.45) is 4.99 Å². The summed E-state index contributed by atoms with van der Waals surface area (Å²) in [5, 5.41) is 9.43. The van der Waals surface area contributed by atoms with Gasteiger partial charge in [-0.3, -0.25) is 4.99 Å². The van der Waals surface area contributed by atoms with E-state index in [0.717, 1.165) is 12.8 Å². The van der Waals surface area contributed by atoms with E-state index in [9.17, 15) is 13.2 Å². The maximum atomic E-state index is 12.2. The summed E-state index contributed by atoms with van der Waals surface area (Å²) in [6.45, 7) is 13.3. The molecule has 0 aromatic heterocycles. The number of nitrogens with zero attached hydrogens (tertiary/aromatic N) is 2. The minimum atomic E-state index is -3.17. The summed E-state index contributed by atoms with van der Waals surface area (Å²) in [5.41, 5.74) is -1.02. The van der Waals surface area contributed by atoms with E-state index in [0.29, 0.717) is 38.6 Å². The number of hydrogen-bond acceptors (Lipinski definition) is 5. The maximum absolute atomic E-state index is 12.2. The SMILES string of the molecule is CCN(CCCNC(=NC)NCC(CC)(CC)NC(=O)OC(C)(C)C)S(C)(=O)=O.I. The Morgan fingerprint density at radius 1 is 1.10 bits per heavy atom. The van der Waals surface area contributed by atoms with Crippen LogP contribution in [0.4, 0.5) is 4.79 Å². The second-order valence-corrected chi connectivity index (χ2v) is 10.1. The van der Waals surface area contributed by atoms with Crippen molar-refractivity contribution in [3.8, 4) is 0 Å². The number of halogens is 1. The fourth-order valence-corrected chi connectivity index (χ4v) is 3.67. The third kappa shape index (κ3) is 12.8. The van der Waals surface area contributed by atoms with E-state index < -0.39 is 27.3 Å². The van der Waals surface area contributed by atoms with Gasteiger partial charge in [-0.05, 0) is 40.0 Å². The van der Waals surface area contributed by atoms with Crippen LogP contribution in [0.25, 0.3) is 0 Å². The molecule has 0 saturated heterocycles. The van der Waals surface area contributed by atoms with Gasteiger partial charge in [-0.2, -0.15) is 0 Å². The first-order valence-electron chi connectivity index (χ1n) is 10.2. The first-order valence-corrected chi connectivity index (χ1v) is 12.1. The number of alkyl carbamates (subject to hydrolysis) is 1. The smallest absolute Gasteiger partial charge is 0.408 e. The van der Waals surface area contributed by atoms with Gasteiger partial charge in [0.2, 0.25) is 10.0 Å². The molecule has 0 aromatic rings. The van der Waals surface area contributed by atoms with Crippen LogP contribution < -0.4 is 16.0 Å². The van der Waals surface area contributed by atoms with Crippen molar-refractivity contribution in [3.63, 3.8) is 0 Å². The summed E-state index contributed by atoms with van der Waals surface area (Å²) in [7, 11) is -1.50. The molecule has 0 bridgehead atoms. The molecule has 0 spiro atoms. The average molecular weight is 564 g/mol. The first-order chi connectivity index (χ1) is 13.3. The van der Waals surface area contributed by atoms with Crippen LogP contribution in [0, 0.1) is 0 Å². The molecular weight excluding hydrogens is 521 g/mol. The number of carbonyl (C=O) groups excluding carboxylic acids is 1. The lowest BCUT2D eigenvalue weighted by molar-refractivity contribution is 0.0448. The molecule has 0 saturated carbocycles.